The first-order chi connectivity index (χ1) is 10.7. The smallest absolute Gasteiger partial charge is 0.253 e. The van der Waals surface area contributed by atoms with Crippen LogP contribution in [0.5, 0.6) is 0 Å². The topological polar surface area (TPSA) is 75.3 Å². The first-order valence-corrected chi connectivity index (χ1v) is 9.80. The molecule has 0 spiro atoms. The van der Waals surface area contributed by atoms with E-state index in [4.69, 9.17) is 23.2 Å². The summed E-state index contributed by atoms with van der Waals surface area (Å²) in [4.78, 5) is 12.0. The maximum absolute atomic E-state index is 12.5. The Labute approximate surface area is 146 Å². The number of hydrogen-bond donors (Lipinski definition) is 2. The average molecular weight is 379 g/mol. The number of nitrogens with one attached hydrogen (secondary N) is 2. The van der Waals surface area contributed by atoms with Crippen molar-refractivity contribution in [1.82, 2.24) is 10.0 Å². The molecule has 1 amide bonds. The Hall–Kier alpha value is -0.820. The number of hydrogen-bond acceptors (Lipinski definition) is 3. The molecule has 5 nitrogen and oxygen atoms in total. The maximum atomic E-state index is 12.5. The summed E-state index contributed by atoms with van der Waals surface area (Å²) >= 11 is 12.1. The van der Waals surface area contributed by atoms with E-state index in [1.165, 1.54) is 12.1 Å². The molecule has 1 aromatic carbocycles. The van der Waals surface area contributed by atoms with Crippen molar-refractivity contribution in [3.8, 4) is 0 Å². The molecule has 2 rings (SSSR count). The molecule has 1 fully saturated rings. The lowest BCUT2D eigenvalue weighted by Gasteiger charge is -2.15. The van der Waals surface area contributed by atoms with E-state index in [0.717, 1.165) is 19.3 Å². The monoisotopic (exact) mass is 378 g/mol. The van der Waals surface area contributed by atoms with Gasteiger partial charge in [0.15, 0.2) is 0 Å². The van der Waals surface area contributed by atoms with E-state index in [1.807, 2.05) is 6.92 Å². The predicted octanol–water partition coefficient (Wildman–Crippen LogP) is 3.35. The minimum atomic E-state index is -3.82. The molecular weight excluding hydrogens is 359 g/mol. The minimum Gasteiger partial charge on any atom is -0.349 e. The van der Waals surface area contributed by atoms with E-state index < -0.39 is 10.0 Å². The fraction of sp³-hybridized carbons (Fsp3) is 0.533. The van der Waals surface area contributed by atoms with Crippen LogP contribution in [0.4, 0.5) is 0 Å². The fourth-order valence-electron chi connectivity index (χ4n) is 2.22. The van der Waals surface area contributed by atoms with Crippen molar-refractivity contribution in [2.75, 3.05) is 0 Å². The Balaban J connectivity index is 2.31. The fourth-order valence-corrected chi connectivity index (χ4v) is 4.36. The normalized spacial score (nSPS) is 16.2. The van der Waals surface area contributed by atoms with Crippen molar-refractivity contribution in [2.45, 2.75) is 56.5 Å². The molecule has 0 saturated heterocycles. The lowest BCUT2D eigenvalue weighted by atomic mass is 10.2. The molecule has 23 heavy (non-hydrogen) atoms. The highest BCUT2D eigenvalue weighted by Gasteiger charge is 2.27. The van der Waals surface area contributed by atoms with Gasteiger partial charge in [-0.05, 0) is 38.3 Å². The summed E-state index contributed by atoms with van der Waals surface area (Å²) in [5.41, 5.74) is 0.117. The molecule has 0 radical (unpaired) electrons. The zero-order valence-corrected chi connectivity index (χ0v) is 15.4. The molecule has 0 heterocycles. The second kappa shape index (κ2) is 7.38. The molecule has 128 valence electrons. The van der Waals surface area contributed by atoms with Gasteiger partial charge in [-0.1, -0.05) is 36.5 Å². The maximum Gasteiger partial charge on any atom is 0.253 e. The third kappa shape index (κ3) is 4.83. The van der Waals surface area contributed by atoms with Crippen LogP contribution in [0.2, 0.25) is 10.0 Å². The van der Waals surface area contributed by atoms with Crippen molar-refractivity contribution in [1.29, 1.82) is 0 Å². The predicted molar refractivity (Wildman–Crippen MR) is 91.6 cm³/mol. The lowest BCUT2D eigenvalue weighted by Crippen LogP contribution is -2.33. The van der Waals surface area contributed by atoms with Gasteiger partial charge < -0.3 is 5.32 Å². The SMILES string of the molecule is CCCC(C)NS(=O)(=O)c1cc(C(=O)NC2CC2)c(Cl)cc1Cl. The Kier molecular flexibility index (Phi) is 5.94. The highest BCUT2D eigenvalue weighted by molar-refractivity contribution is 7.89. The van der Waals surface area contributed by atoms with E-state index in [1.54, 1.807) is 6.92 Å². The highest BCUT2D eigenvalue weighted by atomic mass is 35.5. The lowest BCUT2D eigenvalue weighted by molar-refractivity contribution is 0.0951. The van der Waals surface area contributed by atoms with E-state index in [-0.39, 0.29) is 38.5 Å². The Morgan fingerprint density at radius 3 is 2.52 bits per heavy atom. The number of benzene rings is 1. The van der Waals surface area contributed by atoms with Gasteiger partial charge in [0.2, 0.25) is 10.0 Å². The zero-order chi connectivity index (χ0) is 17.2. The van der Waals surface area contributed by atoms with Gasteiger partial charge in [0.25, 0.3) is 5.91 Å². The largest absolute Gasteiger partial charge is 0.349 e. The van der Waals surface area contributed by atoms with Crippen LogP contribution in [0.3, 0.4) is 0 Å². The van der Waals surface area contributed by atoms with Crippen LogP contribution >= 0.6 is 23.2 Å². The zero-order valence-electron chi connectivity index (χ0n) is 13.0. The van der Waals surface area contributed by atoms with Gasteiger partial charge in [0.05, 0.1) is 15.6 Å². The molecular formula is C15H20Cl2N2O3S. The summed E-state index contributed by atoms with van der Waals surface area (Å²) in [6.07, 6.45) is 3.42. The quantitative estimate of drug-likeness (QED) is 0.763. The van der Waals surface area contributed by atoms with Crippen LogP contribution < -0.4 is 10.0 Å². The van der Waals surface area contributed by atoms with Crippen molar-refractivity contribution in [3.05, 3.63) is 27.7 Å². The molecule has 1 aliphatic carbocycles. The second-order valence-electron chi connectivity index (χ2n) is 5.82. The van der Waals surface area contributed by atoms with E-state index in [2.05, 4.69) is 10.0 Å². The molecule has 0 aliphatic heterocycles. The van der Waals surface area contributed by atoms with Crippen LogP contribution in [0, 0.1) is 0 Å². The van der Waals surface area contributed by atoms with Crippen molar-refractivity contribution in [2.24, 2.45) is 0 Å². The van der Waals surface area contributed by atoms with Gasteiger partial charge in [-0.25, -0.2) is 13.1 Å². The van der Waals surface area contributed by atoms with Crippen LogP contribution in [0.1, 0.15) is 49.9 Å². The molecule has 1 atom stereocenters. The van der Waals surface area contributed by atoms with Crippen LogP contribution in [0.15, 0.2) is 17.0 Å². The van der Waals surface area contributed by atoms with Crippen LogP contribution in [0.25, 0.3) is 0 Å². The average Bonchev–Trinajstić information content (AvgIpc) is 3.21. The van der Waals surface area contributed by atoms with Crippen LogP contribution in [-0.4, -0.2) is 26.4 Å². The summed E-state index contributed by atoms with van der Waals surface area (Å²) in [6.45, 7) is 3.76. The molecule has 1 aliphatic rings. The number of halogens is 2. The summed E-state index contributed by atoms with van der Waals surface area (Å²) in [7, 11) is -3.82. The van der Waals surface area contributed by atoms with Crippen LogP contribution in [-0.2, 0) is 10.0 Å². The molecule has 0 bridgehead atoms. The number of carbonyl (C=O) groups excluding carboxylic acids is 1. The second-order valence-corrected chi connectivity index (χ2v) is 8.32. The van der Waals surface area contributed by atoms with Gasteiger partial charge in [-0.3, -0.25) is 4.79 Å². The van der Waals surface area contributed by atoms with E-state index >= 15 is 0 Å². The molecule has 1 unspecified atom stereocenters. The Bertz CT molecular complexity index is 703. The Morgan fingerprint density at radius 2 is 1.96 bits per heavy atom. The molecule has 8 heteroatoms. The van der Waals surface area contributed by atoms with Crippen molar-refractivity contribution >= 4 is 39.1 Å². The Morgan fingerprint density at radius 1 is 1.30 bits per heavy atom. The molecule has 1 saturated carbocycles. The summed E-state index contributed by atoms with van der Waals surface area (Å²) < 4.78 is 27.5. The first kappa shape index (κ1) is 18.5. The summed E-state index contributed by atoms with van der Waals surface area (Å²) in [5.74, 6) is -0.382. The number of rotatable bonds is 7. The number of amides is 1. The van der Waals surface area contributed by atoms with E-state index in [0.29, 0.717) is 6.42 Å². The van der Waals surface area contributed by atoms with Gasteiger partial charge >= 0.3 is 0 Å². The summed E-state index contributed by atoms with van der Waals surface area (Å²) in [5, 5.41) is 2.92. The first-order valence-electron chi connectivity index (χ1n) is 7.56. The molecule has 0 aromatic heterocycles. The molecule has 2 N–H and O–H groups in total. The van der Waals surface area contributed by atoms with Gasteiger partial charge in [0, 0.05) is 12.1 Å². The van der Waals surface area contributed by atoms with Gasteiger partial charge in [-0.2, -0.15) is 0 Å². The van der Waals surface area contributed by atoms with E-state index in [9.17, 15) is 13.2 Å². The minimum absolute atomic E-state index is 0.00540. The summed E-state index contributed by atoms with van der Waals surface area (Å²) in [6, 6.07) is 2.46. The highest BCUT2D eigenvalue weighted by Crippen LogP contribution is 2.30. The van der Waals surface area contributed by atoms with Gasteiger partial charge in [-0.15, -0.1) is 0 Å². The van der Waals surface area contributed by atoms with Crippen molar-refractivity contribution < 1.29 is 13.2 Å². The standard InChI is InChI=1S/C15H20Cl2N2O3S/c1-3-4-9(2)19-23(21,22)14-7-11(12(16)8-13(14)17)15(20)18-10-5-6-10/h7-10,19H,3-6H2,1-2H3,(H,18,20). The van der Waals surface area contributed by atoms with Gasteiger partial charge in [0.1, 0.15) is 4.90 Å². The molecule has 1 aromatic rings. The van der Waals surface area contributed by atoms with Crippen molar-refractivity contribution in [3.63, 3.8) is 0 Å². The third-order valence-electron chi connectivity index (χ3n) is 3.55. The number of carbonyl (C=O) groups is 1. The number of sulfonamides is 1. The third-order valence-corrected chi connectivity index (χ3v) is 5.91.